The highest BCUT2D eigenvalue weighted by Crippen LogP contribution is 2.33. The van der Waals surface area contributed by atoms with E-state index in [1.54, 1.807) is 13.2 Å². The molecule has 0 bridgehead atoms. The fraction of sp³-hybridized carbons (Fsp3) is 0.385. The molecule has 1 N–H and O–H groups in total. The van der Waals surface area contributed by atoms with Crippen LogP contribution in [0.1, 0.15) is 12.5 Å². The molecule has 0 aliphatic heterocycles. The SMILES string of the molecule is C=CCOc1c(I)cc(CNCC)cc1OC.Cl. The minimum absolute atomic E-state index is 0. The predicted octanol–water partition coefficient (Wildman–Crippen LogP) is 3.40. The summed E-state index contributed by atoms with van der Waals surface area (Å²) in [6, 6.07) is 4.10. The maximum atomic E-state index is 5.60. The zero-order chi connectivity index (χ0) is 12.7. The number of nitrogens with one attached hydrogen (secondary N) is 1. The van der Waals surface area contributed by atoms with Crippen LogP contribution in [0, 0.1) is 3.57 Å². The Labute approximate surface area is 128 Å². The molecular formula is C13H19ClINO2. The van der Waals surface area contributed by atoms with Crippen LogP contribution in [-0.2, 0) is 6.54 Å². The van der Waals surface area contributed by atoms with Crippen LogP contribution in [0.4, 0.5) is 0 Å². The third-order valence-corrected chi connectivity index (χ3v) is 3.02. The summed E-state index contributed by atoms with van der Waals surface area (Å²) in [7, 11) is 1.66. The van der Waals surface area contributed by atoms with Crippen LogP contribution < -0.4 is 14.8 Å². The number of benzene rings is 1. The molecule has 1 aromatic carbocycles. The van der Waals surface area contributed by atoms with Crippen molar-refractivity contribution >= 4 is 35.0 Å². The Morgan fingerprint density at radius 2 is 2.17 bits per heavy atom. The van der Waals surface area contributed by atoms with Crippen LogP contribution in [0.2, 0.25) is 0 Å². The van der Waals surface area contributed by atoms with E-state index in [1.165, 1.54) is 5.56 Å². The highest BCUT2D eigenvalue weighted by Gasteiger charge is 2.10. The molecule has 5 heteroatoms. The van der Waals surface area contributed by atoms with E-state index in [2.05, 4.69) is 47.5 Å². The van der Waals surface area contributed by atoms with E-state index in [-0.39, 0.29) is 12.4 Å². The molecule has 102 valence electrons. The monoisotopic (exact) mass is 383 g/mol. The quantitative estimate of drug-likeness (QED) is 0.578. The Kier molecular flexibility index (Phi) is 9.23. The molecule has 0 heterocycles. The van der Waals surface area contributed by atoms with Crippen molar-refractivity contribution in [2.24, 2.45) is 0 Å². The van der Waals surface area contributed by atoms with Gasteiger partial charge in [-0.1, -0.05) is 19.6 Å². The molecule has 0 aliphatic carbocycles. The average molecular weight is 384 g/mol. The number of halogens is 2. The summed E-state index contributed by atoms with van der Waals surface area (Å²) in [6.07, 6.45) is 1.72. The van der Waals surface area contributed by atoms with E-state index in [9.17, 15) is 0 Å². The van der Waals surface area contributed by atoms with Gasteiger partial charge in [0.2, 0.25) is 0 Å². The normalized spacial score (nSPS) is 9.50. The standard InChI is InChI=1S/C13H18INO2.ClH/c1-4-6-17-13-11(14)7-10(9-15-5-2)8-12(13)16-3;/h4,7-8,15H,1,5-6,9H2,2-3H3;1H. The van der Waals surface area contributed by atoms with Gasteiger partial charge < -0.3 is 14.8 Å². The first-order valence-electron chi connectivity index (χ1n) is 5.53. The topological polar surface area (TPSA) is 30.5 Å². The lowest BCUT2D eigenvalue weighted by Crippen LogP contribution is -2.12. The molecular weight excluding hydrogens is 365 g/mol. The highest BCUT2D eigenvalue weighted by atomic mass is 127. The first kappa shape index (κ1) is 17.5. The molecule has 0 aliphatic rings. The molecule has 0 aromatic heterocycles. The van der Waals surface area contributed by atoms with Crippen molar-refractivity contribution in [3.63, 3.8) is 0 Å². The third kappa shape index (κ3) is 5.04. The fourth-order valence-corrected chi connectivity index (χ4v) is 2.25. The van der Waals surface area contributed by atoms with E-state index < -0.39 is 0 Å². The number of hydrogen-bond donors (Lipinski definition) is 1. The summed E-state index contributed by atoms with van der Waals surface area (Å²) in [4.78, 5) is 0. The van der Waals surface area contributed by atoms with Gasteiger partial charge in [0.25, 0.3) is 0 Å². The number of methoxy groups -OCH3 is 1. The second-order valence-electron chi connectivity index (χ2n) is 3.49. The first-order chi connectivity index (χ1) is 8.22. The van der Waals surface area contributed by atoms with Crippen molar-refractivity contribution in [1.82, 2.24) is 5.32 Å². The van der Waals surface area contributed by atoms with Gasteiger partial charge in [-0.2, -0.15) is 0 Å². The van der Waals surface area contributed by atoms with E-state index in [1.807, 2.05) is 6.07 Å². The molecule has 0 atom stereocenters. The number of hydrogen-bond acceptors (Lipinski definition) is 3. The minimum Gasteiger partial charge on any atom is -0.493 e. The lowest BCUT2D eigenvalue weighted by Gasteiger charge is -2.13. The first-order valence-corrected chi connectivity index (χ1v) is 6.61. The van der Waals surface area contributed by atoms with Gasteiger partial charge in [-0.3, -0.25) is 0 Å². The van der Waals surface area contributed by atoms with Gasteiger partial charge in [-0.25, -0.2) is 0 Å². The molecule has 1 aromatic rings. The maximum Gasteiger partial charge on any atom is 0.174 e. The second-order valence-corrected chi connectivity index (χ2v) is 4.65. The zero-order valence-corrected chi connectivity index (χ0v) is 13.6. The van der Waals surface area contributed by atoms with E-state index in [0.29, 0.717) is 6.61 Å². The van der Waals surface area contributed by atoms with Crippen molar-refractivity contribution in [1.29, 1.82) is 0 Å². The largest absolute Gasteiger partial charge is 0.493 e. The van der Waals surface area contributed by atoms with Gasteiger partial charge >= 0.3 is 0 Å². The lowest BCUT2D eigenvalue weighted by molar-refractivity contribution is 0.324. The summed E-state index contributed by atoms with van der Waals surface area (Å²) in [5.41, 5.74) is 1.19. The van der Waals surface area contributed by atoms with Crippen molar-refractivity contribution in [3.05, 3.63) is 33.9 Å². The Morgan fingerprint density at radius 1 is 1.44 bits per heavy atom. The molecule has 0 spiro atoms. The smallest absolute Gasteiger partial charge is 0.174 e. The third-order valence-electron chi connectivity index (χ3n) is 2.21. The van der Waals surface area contributed by atoms with Crippen molar-refractivity contribution < 1.29 is 9.47 Å². The molecule has 3 nitrogen and oxygen atoms in total. The number of ether oxygens (including phenoxy) is 2. The lowest BCUT2D eigenvalue weighted by atomic mass is 10.2. The van der Waals surface area contributed by atoms with E-state index >= 15 is 0 Å². The van der Waals surface area contributed by atoms with E-state index in [4.69, 9.17) is 9.47 Å². The Balaban J connectivity index is 0.00000289. The molecule has 0 saturated heterocycles. The van der Waals surface area contributed by atoms with Gasteiger partial charge in [0.05, 0.1) is 10.7 Å². The van der Waals surface area contributed by atoms with Gasteiger partial charge in [0, 0.05) is 6.54 Å². The molecule has 1 rings (SSSR count). The Morgan fingerprint density at radius 3 is 2.72 bits per heavy atom. The van der Waals surface area contributed by atoms with Crippen LogP contribution in [-0.4, -0.2) is 20.3 Å². The van der Waals surface area contributed by atoms with Crippen LogP contribution in [0.3, 0.4) is 0 Å². The van der Waals surface area contributed by atoms with Crippen LogP contribution in [0.5, 0.6) is 11.5 Å². The van der Waals surface area contributed by atoms with Crippen molar-refractivity contribution in [3.8, 4) is 11.5 Å². The molecule has 0 fully saturated rings. The fourth-order valence-electron chi connectivity index (χ4n) is 1.43. The van der Waals surface area contributed by atoms with Gasteiger partial charge in [-0.05, 0) is 46.8 Å². The zero-order valence-electron chi connectivity index (χ0n) is 10.7. The second kappa shape index (κ2) is 9.47. The summed E-state index contributed by atoms with van der Waals surface area (Å²) in [5.74, 6) is 1.56. The van der Waals surface area contributed by atoms with E-state index in [0.717, 1.165) is 28.2 Å². The van der Waals surface area contributed by atoms with Crippen molar-refractivity contribution in [2.45, 2.75) is 13.5 Å². The number of rotatable bonds is 7. The van der Waals surface area contributed by atoms with Crippen LogP contribution in [0.25, 0.3) is 0 Å². The Bertz CT molecular complexity index is 385. The van der Waals surface area contributed by atoms with Gasteiger partial charge in [0.1, 0.15) is 6.61 Å². The average Bonchev–Trinajstić information content (AvgIpc) is 2.34. The summed E-state index contributed by atoms with van der Waals surface area (Å²) in [6.45, 7) is 8.00. The summed E-state index contributed by atoms with van der Waals surface area (Å²) in [5, 5.41) is 3.29. The maximum absolute atomic E-state index is 5.60. The molecule has 0 unspecified atom stereocenters. The summed E-state index contributed by atoms with van der Waals surface area (Å²) >= 11 is 2.26. The molecule has 18 heavy (non-hydrogen) atoms. The molecule has 0 radical (unpaired) electrons. The molecule has 0 amide bonds. The van der Waals surface area contributed by atoms with Gasteiger partial charge in [0.15, 0.2) is 11.5 Å². The van der Waals surface area contributed by atoms with Gasteiger partial charge in [-0.15, -0.1) is 12.4 Å². The van der Waals surface area contributed by atoms with Crippen LogP contribution in [0.15, 0.2) is 24.8 Å². The predicted molar refractivity (Wildman–Crippen MR) is 86.0 cm³/mol. The molecule has 0 saturated carbocycles. The van der Waals surface area contributed by atoms with Crippen LogP contribution >= 0.6 is 35.0 Å². The summed E-state index contributed by atoms with van der Waals surface area (Å²) < 4.78 is 12.0. The van der Waals surface area contributed by atoms with Crippen molar-refractivity contribution in [2.75, 3.05) is 20.3 Å². The minimum atomic E-state index is 0. The highest BCUT2D eigenvalue weighted by molar-refractivity contribution is 14.1. The Hall–Kier alpha value is -0.460.